The highest BCUT2D eigenvalue weighted by molar-refractivity contribution is 5.90. The first-order valence-corrected chi connectivity index (χ1v) is 5.50. The zero-order valence-corrected chi connectivity index (χ0v) is 9.83. The van der Waals surface area contributed by atoms with Gasteiger partial charge < -0.3 is 14.9 Å². The van der Waals surface area contributed by atoms with Crippen LogP contribution in [0.5, 0.6) is 11.8 Å². The molecule has 0 fully saturated rings. The molecule has 94 valence electrons. The van der Waals surface area contributed by atoms with Gasteiger partial charge >= 0.3 is 5.97 Å². The molecule has 1 aromatic heterocycles. The van der Waals surface area contributed by atoms with Gasteiger partial charge in [-0.1, -0.05) is 6.07 Å². The molecule has 0 unspecified atom stereocenters. The van der Waals surface area contributed by atoms with Crippen molar-refractivity contribution in [3.05, 3.63) is 42.0 Å². The summed E-state index contributed by atoms with van der Waals surface area (Å²) >= 11 is 0. The summed E-state index contributed by atoms with van der Waals surface area (Å²) < 4.78 is 6.11. The number of aromatic hydroxyl groups is 2. The van der Waals surface area contributed by atoms with E-state index in [1.165, 1.54) is 22.8 Å². The molecule has 1 heterocycles. The fraction of sp³-hybridized carbons (Fsp3) is 0.154. The van der Waals surface area contributed by atoms with Gasteiger partial charge in [0, 0.05) is 12.1 Å². The molecule has 0 aliphatic heterocycles. The number of esters is 1. The third kappa shape index (κ3) is 2.15. The highest BCUT2D eigenvalue weighted by atomic mass is 16.5. The quantitative estimate of drug-likeness (QED) is 0.814. The van der Waals surface area contributed by atoms with Gasteiger partial charge in [-0.2, -0.15) is 0 Å². The maximum Gasteiger partial charge on any atom is 0.338 e. The van der Waals surface area contributed by atoms with Crippen LogP contribution >= 0.6 is 0 Å². The molecule has 0 amide bonds. The van der Waals surface area contributed by atoms with Gasteiger partial charge in [-0.25, -0.2) is 4.79 Å². The molecule has 0 saturated heterocycles. The number of aromatic nitrogens is 1. The fourth-order valence-corrected chi connectivity index (χ4v) is 1.67. The first-order chi connectivity index (χ1) is 8.63. The van der Waals surface area contributed by atoms with E-state index in [1.807, 2.05) is 0 Å². The fourth-order valence-electron chi connectivity index (χ4n) is 1.67. The van der Waals surface area contributed by atoms with Crippen molar-refractivity contribution in [1.29, 1.82) is 0 Å². The van der Waals surface area contributed by atoms with Crippen molar-refractivity contribution in [2.75, 3.05) is 6.61 Å². The number of benzene rings is 1. The molecule has 0 radical (unpaired) electrons. The second-order valence-corrected chi connectivity index (χ2v) is 3.66. The van der Waals surface area contributed by atoms with E-state index in [0.29, 0.717) is 17.9 Å². The Labute approximate surface area is 104 Å². The highest BCUT2D eigenvalue weighted by Crippen LogP contribution is 2.26. The van der Waals surface area contributed by atoms with Crippen LogP contribution in [0.15, 0.2) is 36.4 Å². The van der Waals surface area contributed by atoms with Gasteiger partial charge in [0.25, 0.3) is 0 Å². The summed E-state index contributed by atoms with van der Waals surface area (Å²) in [6.45, 7) is 2.02. The number of ether oxygens (including phenoxy) is 1. The molecular formula is C13H13NO4. The second kappa shape index (κ2) is 4.83. The first-order valence-electron chi connectivity index (χ1n) is 5.50. The largest absolute Gasteiger partial charge is 0.494 e. The molecule has 2 N–H and O–H groups in total. The van der Waals surface area contributed by atoms with E-state index in [0.717, 1.165) is 0 Å². The monoisotopic (exact) mass is 247 g/mol. The van der Waals surface area contributed by atoms with Crippen molar-refractivity contribution in [2.24, 2.45) is 0 Å². The Morgan fingerprint density at radius 1 is 1.22 bits per heavy atom. The van der Waals surface area contributed by atoms with Crippen LogP contribution in [0.25, 0.3) is 5.69 Å². The van der Waals surface area contributed by atoms with Crippen molar-refractivity contribution in [2.45, 2.75) is 6.92 Å². The van der Waals surface area contributed by atoms with Gasteiger partial charge in [0.1, 0.15) is 0 Å². The van der Waals surface area contributed by atoms with Crippen molar-refractivity contribution >= 4 is 5.97 Å². The van der Waals surface area contributed by atoms with Crippen LogP contribution in [0.4, 0.5) is 0 Å². The van der Waals surface area contributed by atoms with Crippen LogP contribution in [-0.2, 0) is 4.74 Å². The van der Waals surface area contributed by atoms with E-state index in [-0.39, 0.29) is 11.8 Å². The van der Waals surface area contributed by atoms with Crippen LogP contribution in [0.3, 0.4) is 0 Å². The number of nitrogens with zero attached hydrogens (tertiary/aromatic N) is 1. The molecule has 5 heteroatoms. The van der Waals surface area contributed by atoms with Crippen LogP contribution in [-0.4, -0.2) is 27.4 Å². The summed E-state index contributed by atoms with van der Waals surface area (Å²) in [5, 5.41) is 19.2. The van der Waals surface area contributed by atoms with Crippen LogP contribution in [0.1, 0.15) is 17.3 Å². The minimum atomic E-state index is -0.439. The topological polar surface area (TPSA) is 71.7 Å². The molecule has 0 aliphatic carbocycles. The molecule has 0 spiro atoms. The summed E-state index contributed by atoms with van der Waals surface area (Å²) in [7, 11) is 0. The van der Waals surface area contributed by atoms with Crippen molar-refractivity contribution in [3.63, 3.8) is 0 Å². The molecule has 5 nitrogen and oxygen atoms in total. The van der Waals surface area contributed by atoms with E-state index in [1.54, 1.807) is 25.1 Å². The summed E-state index contributed by atoms with van der Waals surface area (Å²) in [6.07, 6.45) is 0. The van der Waals surface area contributed by atoms with E-state index < -0.39 is 5.97 Å². The predicted molar refractivity (Wildman–Crippen MR) is 65.1 cm³/mol. The SMILES string of the molecule is CCOC(=O)c1cccc(-n2c(O)ccc2O)c1. The summed E-state index contributed by atoms with van der Waals surface area (Å²) in [5.74, 6) is -0.646. The second-order valence-electron chi connectivity index (χ2n) is 3.66. The average Bonchev–Trinajstić information content (AvgIpc) is 2.69. The Balaban J connectivity index is 2.42. The smallest absolute Gasteiger partial charge is 0.338 e. The molecular weight excluding hydrogens is 234 g/mol. The number of carbonyl (C=O) groups is 1. The molecule has 2 aromatic rings. The van der Waals surface area contributed by atoms with Gasteiger partial charge in [0.05, 0.1) is 17.9 Å². The maximum absolute atomic E-state index is 11.6. The predicted octanol–water partition coefficient (Wildman–Crippen LogP) is 2.07. The number of hydrogen-bond donors (Lipinski definition) is 2. The zero-order chi connectivity index (χ0) is 13.1. The van der Waals surface area contributed by atoms with Gasteiger partial charge in [0.2, 0.25) is 0 Å². The van der Waals surface area contributed by atoms with E-state index >= 15 is 0 Å². The van der Waals surface area contributed by atoms with E-state index in [2.05, 4.69) is 0 Å². The Bertz CT molecular complexity index is 555. The minimum Gasteiger partial charge on any atom is -0.494 e. The van der Waals surface area contributed by atoms with Gasteiger partial charge in [-0.3, -0.25) is 4.57 Å². The van der Waals surface area contributed by atoms with Crippen molar-refractivity contribution in [1.82, 2.24) is 4.57 Å². The molecule has 0 atom stereocenters. The Hall–Kier alpha value is -2.43. The van der Waals surface area contributed by atoms with Crippen LogP contribution in [0, 0.1) is 0 Å². The van der Waals surface area contributed by atoms with Crippen LogP contribution in [0.2, 0.25) is 0 Å². The summed E-state index contributed by atoms with van der Waals surface area (Å²) in [6, 6.07) is 9.21. The first kappa shape index (κ1) is 12.0. The number of rotatable bonds is 3. The van der Waals surface area contributed by atoms with E-state index in [9.17, 15) is 15.0 Å². The van der Waals surface area contributed by atoms with Crippen molar-refractivity contribution < 1.29 is 19.7 Å². The normalized spacial score (nSPS) is 10.3. The minimum absolute atomic E-state index is 0.103. The molecule has 1 aromatic carbocycles. The van der Waals surface area contributed by atoms with Gasteiger partial charge in [-0.15, -0.1) is 0 Å². The Morgan fingerprint density at radius 3 is 2.50 bits per heavy atom. The number of carbonyl (C=O) groups excluding carboxylic acids is 1. The van der Waals surface area contributed by atoms with Gasteiger partial charge in [-0.05, 0) is 25.1 Å². The van der Waals surface area contributed by atoms with Crippen LogP contribution < -0.4 is 0 Å². The molecule has 0 aliphatic rings. The molecule has 18 heavy (non-hydrogen) atoms. The maximum atomic E-state index is 11.6. The number of hydrogen-bond acceptors (Lipinski definition) is 4. The lowest BCUT2D eigenvalue weighted by Crippen LogP contribution is -2.05. The molecule has 0 saturated carbocycles. The Morgan fingerprint density at radius 2 is 1.89 bits per heavy atom. The average molecular weight is 247 g/mol. The molecule has 0 bridgehead atoms. The standard InChI is InChI=1S/C13H13NO4/c1-2-18-13(17)9-4-3-5-10(8-9)14-11(15)6-7-12(14)16/h3-8,15-16H,2H2,1H3. The lowest BCUT2D eigenvalue weighted by Gasteiger charge is -2.08. The Kier molecular flexibility index (Phi) is 3.23. The summed E-state index contributed by atoms with van der Waals surface area (Å²) in [5.41, 5.74) is 0.849. The third-order valence-corrected chi connectivity index (χ3v) is 2.46. The zero-order valence-electron chi connectivity index (χ0n) is 9.83. The lowest BCUT2D eigenvalue weighted by molar-refractivity contribution is 0.0526. The highest BCUT2D eigenvalue weighted by Gasteiger charge is 2.11. The lowest BCUT2D eigenvalue weighted by atomic mass is 10.2. The van der Waals surface area contributed by atoms with Gasteiger partial charge in [0.15, 0.2) is 11.8 Å². The third-order valence-electron chi connectivity index (χ3n) is 2.46. The van der Waals surface area contributed by atoms with Crippen molar-refractivity contribution in [3.8, 4) is 17.4 Å². The van der Waals surface area contributed by atoms with E-state index in [4.69, 9.17) is 4.74 Å². The summed E-state index contributed by atoms with van der Waals surface area (Å²) in [4.78, 5) is 11.6. The molecule has 2 rings (SSSR count).